The standard InChI is InChI=1S/CH4OS.CH3O.Y/c2-1-3;1-2;/h2-3H,1H2;2H,1H2;/q;-1;/p-1. The molecule has 6 heavy (non-hydrogen) atoms. The molecule has 2 nitrogen and oxygen atoms in total. The third-order valence-corrected chi connectivity index (χ3v) is 0. The predicted molar refractivity (Wildman–Crippen MR) is 21.7 cm³/mol. The van der Waals surface area contributed by atoms with E-state index >= 15 is 0 Å². The second-order valence-electron chi connectivity index (χ2n) is 0.129. The van der Waals surface area contributed by atoms with E-state index in [1.807, 2.05) is 0 Å². The smallest absolute Gasteiger partial charge is 0 e. The Hall–Kier alpha value is 1.37. The van der Waals surface area contributed by atoms with E-state index in [0.717, 1.165) is 0 Å². The van der Waals surface area contributed by atoms with Crippen molar-refractivity contribution in [2.75, 3.05) is 5.94 Å². The van der Waals surface area contributed by atoms with Crippen molar-refractivity contribution in [2.24, 2.45) is 0 Å². The topological polar surface area (TPSA) is 40.5 Å². The van der Waals surface area contributed by atoms with E-state index in [9.17, 15) is 0 Å². The van der Waals surface area contributed by atoms with Gasteiger partial charge in [0.25, 0.3) is 0 Å². The second kappa shape index (κ2) is 32.7. The molecule has 0 aromatic carbocycles. The van der Waals surface area contributed by atoms with E-state index < -0.39 is 0 Å². The zero-order valence-electron chi connectivity index (χ0n) is 3.29. The first-order chi connectivity index (χ1) is 2.41. The summed E-state index contributed by atoms with van der Waals surface area (Å²) in [4.78, 5) is 0. The van der Waals surface area contributed by atoms with Crippen molar-refractivity contribution in [3.8, 4) is 0 Å². The van der Waals surface area contributed by atoms with Crippen molar-refractivity contribution in [1.29, 1.82) is 0 Å². The average molecular weight is 183 g/mol. The van der Waals surface area contributed by atoms with Gasteiger partial charge in [-0.05, 0) is 0 Å². The van der Waals surface area contributed by atoms with Crippen LogP contribution in [-0.4, -0.2) is 16.2 Å². The van der Waals surface area contributed by atoms with Crippen molar-refractivity contribution >= 4 is 12.6 Å². The maximum atomic E-state index is 7.38. The van der Waals surface area contributed by atoms with E-state index in [1.165, 1.54) is 0 Å². The quantitative estimate of drug-likeness (QED) is 0.397. The molecule has 0 fully saturated rings. The third kappa shape index (κ3) is 54.5. The van der Waals surface area contributed by atoms with Gasteiger partial charge in [-0.1, -0.05) is 5.94 Å². The van der Waals surface area contributed by atoms with Crippen LogP contribution in [0.4, 0.5) is 0 Å². The fraction of sp³-hybridized carbons (Fsp3) is 0.500. The summed E-state index contributed by atoms with van der Waals surface area (Å²) in [5, 5.41) is 14.1. The monoisotopic (exact) mass is 183 g/mol. The first-order valence-electron chi connectivity index (χ1n) is 0.921. The third-order valence-electron chi connectivity index (χ3n) is 0. The van der Waals surface area contributed by atoms with Gasteiger partial charge in [-0.2, -0.15) is 0 Å². The molecule has 0 unspecified atom stereocenters. The van der Waals surface area contributed by atoms with Gasteiger partial charge < -0.3 is 22.8 Å². The first-order valence-corrected chi connectivity index (χ1v) is 1.50. The summed E-state index contributed by atoms with van der Waals surface area (Å²) in [6.45, 7) is 0. The molecule has 37 valence electrons. The maximum absolute atomic E-state index is 7.38. The molecular weight excluding hydrogens is 177 g/mol. The Bertz CT molecular complexity index is 11.5. The van der Waals surface area contributed by atoms with Crippen molar-refractivity contribution in [2.45, 2.75) is 0 Å². The summed E-state index contributed by atoms with van der Waals surface area (Å²) in [5.41, 5.74) is 0. The Morgan fingerprint density at radius 1 is 1.50 bits per heavy atom. The van der Waals surface area contributed by atoms with Crippen LogP contribution in [0, 0.1) is 7.11 Å². The van der Waals surface area contributed by atoms with Crippen molar-refractivity contribution in [3.05, 3.63) is 7.11 Å². The fourth-order valence-electron chi connectivity index (χ4n) is 0. The van der Waals surface area contributed by atoms with Crippen LogP contribution < -0.4 is 0 Å². The molecule has 0 saturated carbocycles. The molecule has 0 saturated heterocycles. The van der Waals surface area contributed by atoms with Gasteiger partial charge in [0.1, 0.15) is 0 Å². The molecule has 0 aromatic heterocycles. The molecular formula is C2H6O2SY-2. The van der Waals surface area contributed by atoms with E-state index in [2.05, 4.69) is 19.7 Å². The Labute approximate surface area is 68.2 Å². The largest absolute Gasteiger partial charge is 0.765 e. The molecule has 0 rings (SSSR count). The van der Waals surface area contributed by atoms with Crippen LogP contribution in [0.3, 0.4) is 0 Å². The number of rotatable bonds is 0. The van der Waals surface area contributed by atoms with E-state index in [4.69, 9.17) is 10.2 Å². The zero-order valence-corrected chi connectivity index (χ0v) is 6.95. The summed E-state index contributed by atoms with van der Waals surface area (Å²) in [5.74, 6) is -0.167. The number of aliphatic hydroxyl groups excluding tert-OH is 2. The Balaban J connectivity index is -0.0000000275. The number of hydrogen-bond acceptors (Lipinski definition) is 3. The minimum atomic E-state index is -0.167. The van der Waals surface area contributed by atoms with Gasteiger partial charge >= 0.3 is 0 Å². The average Bonchev–Trinajstić information content (AvgIpc) is 1.46. The van der Waals surface area contributed by atoms with Gasteiger partial charge in [0, 0.05) is 32.7 Å². The molecule has 0 amide bonds. The van der Waals surface area contributed by atoms with Gasteiger partial charge in [-0.25, -0.2) is 7.11 Å². The summed E-state index contributed by atoms with van der Waals surface area (Å²) in [6, 6.07) is 0. The maximum Gasteiger partial charge on any atom is 0 e. The van der Waals surface area contributed by atoms with Crippen LogP contribution >= 0.6 is 0 Å². The molecule has 4 heteroatoms. The Morgan fingerprint density at radius 3 is 1.50 bits per heavy atom. The van der Waals surface area contributed by atoms with Crippen molar-refractivity contribution in [1.82, 2.24) is 0 Å². The minimum absolute atomic E-state index is 0. The first kappa shape index (κ1) is 15.7. The number of aliphatic hydroxyl groups is 2. The van der Waals surface area contributed by atoms with Gasteiger partial charge in [0.2, 0.25) is 0 Å². The molecule has 0 aliphatic carbocycles. The van der Waals surface area contributed by atoms with Crippen LogP contribution in [-0.2, 0) is 45.3 Å². The predicted octanol–water partition coefficient (Wildman–Crippen LogP) is -0.369. The Morgan fingerprint density at radius 2 is 1.50 bits per heavy atom. The van der Waals surface area contributed by atoms with E-state index in [0.29, 0.717) is 0 Å². The molecule has 0 atom stereocenters. The normalized spacial score (nSPS) is 4.00. The molecule has 0 bridgehead atoms. The van der Waals surface area contributed by atoms with Crippen LogP contribution in [0.2, 0.25) is 0 Å². The van der Waals surface area contributed by atoms with E-state index in [-0.39, 0.29) is 38.6 Å². The second-order valence-corrected chi connectivity index (χ2v) is 0.387. The summed E-state index contributed by atoms with van der Waals surface area (Å²) >= 11 is 3.95. The molecule has 0 aliphatic rings. The molecule has 0 spiro atoms. The van der Waals surface area contributed by atoms with Gasteiger partial charge in [-0.15, -0.1) is 0 Å². The molecule has 0 aliphatic heterocycles. The van der Waals surface area contributed by atoms with Crippen molar-refractivity contribution in [3.63, 3.8) is 0 Å². The Kier molecular flexibility index (Phi) is 85.2. The van der Waals surface area contributed by atoms with Crippen LogP contribution in [0.15, 0.2) is 0 Å². The van der Waals surface area contributed by atoms with Crippen LogP contribution in [0.5, 0.6) is 0 Å². The van der Waals surface area contributed by atoms with E-state index in [1.54, 1.807) is 0 Å². The van der Waals surface area contributed by atoms with Crippen LogP contribution in [0.1, 0.15) is 0 Å². The molecule has 1 radical (unpaired) electrons. The fourth-order valence-corrected chi connectivity index (χ4v) is 0. The van der Waals surface area contributed by atoms with Gasteiger partial charge in [0.05, 0.1) is 0 Å². The van der Waals surface area contributed by atoms with Gasteiger partial charge in [-0.3, -0.25) is 0 Å². The van der Waals surface area contributed by atoms with Crippen LogP contribution in [0.25, 0.3) is 0 Å². The summed E-state index contributed by atoms with van der Waals surface area (Å²) in [6.07, 6.45) is 0. The summed E-state index contributed by atoms with van der Waals surface area (Å²) < 4.78 is 0. The molecule has 2 N–H and O–H groups in total. The SMILES string of the molecule is OC[S-].[CH2-]O.[Y]. The molecule has 0 aromatic rings. The summed E-state index contributed by atoms with van der Waals surface area (Å²) in [7, 11) is 2.25. The zero-order chi connectivity index (χ0) is 4.71. The minimum Gasteiger partial charge on any atom is -0.765 e. The molecule has 0 heterocycles. The van der Waals surface area contributed by atoms with Gasteiger partial charge in [0.15, 0.2) is 0 Å². The number of hydrogen-bond donors (Lipinski definition) is 2. The van der Waals surface area contributed by atoms with Crippen molar-refractivity contribution < 1.29 is 42.9 Å².